The Labute approximate surface area is 365 Å². The number of carbonyl (C=O) groups excluding carboxylic acids is 4. The second-order valence-electron chi connectivity index (χ2n) is 17.0. The van der Waals surface area contributed by atoms with Gasteiger partial charge in [-0.15, -0.1) is 11.3 Å². The standard InChI is InChI=1S/C50H49N7O4S/c58-46(37-23-24-37)54-43(35-9-3-1-4-10-35)49(60)56-27-7-13-41(56)45-51-29-39(52-45)33-19-15-31(16-20-33)32-17-21-34(22-18-32)40-30-62-48(53-40)42-14-8-28-57(42)50(61)44(36-11-5-2-6-12-36)55-47(59)38-25-26-38/h1-6,9-12,15-22,29-30,37-38,41-44H,7-8,13-14,23-28H2,(H,51,52)(H,54,58)(H,55,59)/t41?,42?,43?,44-/m1/s1. The highest BCUT2D eigenvalue weighted by Gasteiger charge is 2.41. The lowest BCUT2D eigenvalue weighted by atomic mass is 10.0. The number of benzene rings is 4. The van der Waals surface area contributed by atoms with E-state index in [4.69, 9.17) is 9.97 Å². The molecule has 6 aromatic rings. The van der Waals surface area contributed by atoms with Gasteiger partial charge in [-0.25, -0.2) is 9.97 Å². The number of H-pyrrole nitrogens is 1. The molecule has 4 aromatic carbocycles. The van der Waals surface area contributed by atoms with Crippen LogP contribution >= 0.6 is 11.3 Å². The van der Waals surface area contributed by atoms with Crippen LogP contribution in [0, 0.1) is 11.8 Å². The van der Waals surface area contributed by atoms with E-state index in [0.29, 0.717) is 13.1 Å². The number of likely N-dealkylation sites (tertiary alicyclic amines) is 2. The number of aromatic nitrogens is 3. The summed E-state index contributed by atoms with van der Waals surface area (Å²) in [6, 6.07) is 34.1. The molecule has 4 aliphatic rings. The highest BCUT2D eigenvalue weighted by Crippen LogP contribution is 2.39. The lowest BCUT2D eigenvalue weighted by Crippen LogP contribution is -2.43. The van der Waals surface area contributed by atoms with Gasteiger partial charge in [-0.2, -0.15) is 0 Å². The highest BCUT2D eigenvalue weighted by atomic mass is 32.1. The van der Waals surface area contributed by atoms with E-state index in [1.165, 1.54) is 0 Å². The van der Waals surface area contributed by atoms with Crippen molar-refractivity contribution in [3.05, 3.63) is 143 Å². The number of rotatable bonds is 13. The van der Waals surface area contributed by atoms with Crippen molar-refractivity contribution in [3.63, 3.8) is 0 Å². The van der Waals surface area contributed by atoms with Gasteiger partial charge in [-0.3, -0.25) is 19.2 Å². The molecular weight excluding hydrogens is 795 g/mol. The van der Waals surface area contributed by atoms with E-state index in [1.54, 1.807) is 11.3 Å². The number of thiazole rings is 1. The van der Waals surface area contributed by atoms with Crippen LogP contribution in [0.3, 0.4) is 0 Å². The molecule has 4 heterocycles. The molecule has 11 nitrogen and oxygen atoms in total. The molecule has 3 unspecified atom stereocenters. The molecule has 2 saturated heterocycles. The summed E-state index contributed by atoms with van der Waals surface area (Å²) in [5.41, 5.74) is 7.50. The zero-order valence-electron chi connectivity index (χ0n) is 34.4. The van der Waals surface area contributed by atoms with E-state index in [0.717, 1.165) is 107 Å². The number of nitrogens with zero attached hydrogens (tertiary/aromatic N) is 4. The molecule has 10 rings (SSSR count). The first-order valence-corrected chi connectivity index (χ1v) is 22.8. The first-order valence-electron chi connectivity index (χ1n) is 21.9. The van der Waals surface area contributed by atoms with Gasteiger partial charge in [0.2, 0.25) is 23.6 Å². The number of carbonyl (C=O) groups is 4. The summed E-state index contributed by atoms with van der Waals surface area (Å²) in [5.74, 6) is 0.480. The molecule has 0 spiro atoms. The fourth-order valence-corrected chi connectivity index (χ4v) is 9.89. The summed E-state index contributed by atoms with van der Waals surface area (Å²) < 4.78 is 0. The smallest absolute Gasteiger partial charge is 0.250 e. The van der Waals surface area contributed by atoms with Crippen molar-refractivity contribution in [1.29, 1.82) is 0 Å². The Balaban J connectivity index is 0.797. The van der Waals surface area contributed by atoms with Gasteiger partial charge in [0.15, 0.2) is 0 Å². The second-order valence-corrected chi connectivity index (χ2v) is 17.9. The van der Waals surface area contributed by atoms with Crippen molar-refractivity contribution in [2.45, 2.75) is 75.5 Å². The van der Waals surface area contributed by atoms with Crippen molar-refractivity contribution >= 4 is 35.0 Å². The average Bonchev–Trinajstić information content (AvgIpc) is 4.07. The molecular formula is C50H49N7O4S. The largest absolute Gasteiger partial charge is 0.340 e. The summed E-state index contributed by atoms with van der Waals surface area (Å²) >= 11 is 1.58. The summed E-state index contributed by atoms with van der Waals surface area (Å²) in [6.07, 6.45) is 8.71. The van der Waals surface area contributed by atoms with Crippen LogP contribution in [-0.4, -0.2) is 61.5 Å². The Morgan fingerprint density at radius 2 is 1.08 bits per heavy atom. The van der Waals surface area contributed by atoms with Gasteiger partial charge in [0.1, 0.15) is 22.9 Å². The van der Waals surface area contributed by atoms with Crippen LogP contribution in [0.2, 0.25) is 0 Å². The van der Waals surface area contributed by atoms with Crippen molar-refractivity contribution in [1.82, 2.24) is 35.4 Å². The molecule has 2 aliphatic carbocycles. The van der Waals surface area contributed by atoms with E-state index in [9.17, 15) is 19.2 Å². The molecule has 3 N–H and O–H groups in total. The first kappa shape index (κ1) is 39.7. The van der Waals surface area contributed by atoms with Crippen LogP contribution in [-0.2, 0) is 19.2 Å². The van der Waals surface area contributed by atoms with Crippen molar-refractivity contribution in [2.24, 2.45) is 11.8 Å². The van der Waals surface area contributed by atoms with E-state index in [-0.39, 0.29) is 47.5 Å². The van der Waals surface area contributed by atoms with Gasteiger partial charge in [-0.05, 0) is 79.2 Å². The molecule has 62 heavy (non-hydrogen) atoms. The van der Waals surface area contributed by atoms with E-state index in [1.807, 2.05) is 76.7 Å². The normalized spacial score (nSPS) is 19.5. The lowest BCUT2D eigenvalue weighted by Gasteiger charge is -2.28. The summed E-state index contributed by atoms with van der Waals surface area (Å²) in [7, 11) is 0. The zero-order valence-corrected chi connectivity index (χ0v) is 35.2. The van der Waals surface area contributed by atoms with Gasteiger partial charge in [0.05, 0.1) is 29.7 Å². The Morgan fingerprint density at radius 1 is 0.597 bits per heavy atom. The molecule has 12 heteroatoms. The van der Waals surface area contributed by atoms with Crippen molar-refractivity contribution in [2.75, 3.05) is 13.1 Å². The average molecular weight is 844 g/mol. The van der Waals surface area contributed by atoms with Gasteiger partial charge in [0, 0.05) is 35.9 Å². The van der Waals surface area contributed by atoms with E-state index < -0.39 is 12.1 Å². The zero-order chi connectivity index (χ0) is 42.2. The fraction of sp³-hybridized carbons (Fsp3) is 0.320. The second kappa shape index (κ2) is 17.2. The molecule has 2 aromatic heterocycles. The van der Waals surface area contributed by atoms with Crippen LogP contribution in [0.4, 0.5) is 0 Å². The SMILES string of the molecule is O=C(NC(C(=O)N1CCCC1c1ncc(-c2ccc(-c3ccc(-c4csc(C5CCCN5C(=O)[C@H](NC(=O)C5CC5)c5ccccc5)n4)cc3)cc2)[nH]1)c1ccccc1)C1CC1. The number of amides is 4. The van der Waals surface area contributed by atoms with E-state index in [2.05, 4.69) is 69.5 Å². The Hall–Kier alpha value is -6.40. The molecule has 4 fully saturated rings. The van der Waals surface area contributed by atoms with E-state index >= 15 is 0 Å². The highest BCUT2D eigenvalue weighted by molar-refractivity contribution is 7.10. The van der Waals surface area contributed by atoms with Gasteiger partial charge in [-0.1, -0.05) is 109 Å². The Morgan fingerprint density at radius 3 is 1.61 bits per heavy atom. The van der Waals surface area contributed by atoms with Crippen LogP contribution in [0.5, 0.6) is 0 Å². The maximum atomic E-state index is 14.1. The molecule has 0 radical (unpaired) electrons. The third kappa shape index (κ3) is 8.31. The van der Waals surface area contributed by atoms with Crippen LogP contribution < -0.4 is 10.6 Å². The first-order chi connectivity index (χ1) is 30.4. The number of nitrogens with one attached hydrogen (secondary N) is 3. The minimum absolute atomic E-state index is 0.00235. The maximum absolute atomic E-state index is 14.1. The third-order valence-electron chi connectivity index (χ3n) is 12.7. The van der Waals surface area contributed by atoms with Gasteiger partial charge < -0.3 is 25.4 Å². The topological polar surface area (TPSA) is 140 Å². The Kier molecular flexibility index (Phi) is 11.0. The summed E-state index contributed by atoms with van der Waals surface area (Å²) in [5, 5.41) is 9.09. The van der Waals surface area contributed by atoms with Gasteiger partial charge >= 0.3 is 0 Å². The maximum Gasteiger partial charge on any atom is 0.250 e. The predicted octanol–water partition coefficient (Wildman–Crippen LogP) is 8.73. The minimum atomic E-state index is -0.729. The summed E-state index contributed by atoms with van der Waals surface area (Å²) in [6.45, 7) is 1.24. The quantitative estimate of drug-likeness (QED) is 0.106. The number of hydrogen-bond donors (Lipinski definition) is 3. The van der Waals surface area contributed by atoms with Crippen LogP contribution in [0.25, 0.3) is 33.6 Å². The number of hydrogen-bond acceptors (Lipinski definition) is 7. The lowest BCUT2D eigenvalue weighted by molar-refractivity contribution is -0.138. The fourth-order valence-electron chi connectivity index (χ4n) is 8.91. The minimum Gasteiger partial charge on any atom is -0.340 e. The predicted molar refractivity (Wildman–Crippen MR) is 238 cm³/mol. The van der Waals surface area contributed by atoms with Gasteiger partial charge in [0.25, 0.3) is 0 Å². The van der Waals surface area contributed by atoms with Crippen LogP contribution in [0.15, 0.2) is 121 Å². The third-order valence-corrected chi connectivity index (χ3v) is 13.7. The molecule has 2 saturated carbocycles. The van der Waals surface area contributed by atoms with Crippen molar-refractivity contribution in [3.8, 4) is 33.6 Å². The molecule has 2 aliphatic heterocycles. The molecule has 0 bridgehead atoms. The number of aromatic amines is 1. The monoisotopic (exact) mass is 843 g/mol. The molecule has 314 valence electrons. The number of imidazole rings is 1. The van der Waals surface area contributed by atoms with Crippen molar-refractivity contribution < 1.29 is 19.2 Å². The molecule has 4 atom stereocenters. The summed E-state index contributed by atoms with van der Waals surface area (Å²) in [4.78, 5) is 71.0. The van der Waals surface area contributed by atoms with Crippen LogP contribution in [0.1, 0.15) is 97.5 Å². The Bertz CT molecular complexity index is 2390. The molecule has 4 amide bonds.